The van der Waals surface area contributed by atoms with Gasteiger partial charge in [-0.1, -0.05) is 24.3 Å². The Hall–Kier alpha value is -3.20. The van der Waals surface area contributed by atoms with E-state index >= 15 is 0 Å². The molecular formula is C29H36N6OS. The Balaban J connectivity index is 1.53. The van der Waals surface area contributed by atoms with E-state index in [9.17, 15) is 4.79 Å². The smallest absolute Gasteiger partial charge is 0.240 e. The molecule has 0 spiro atoms. The van der Waals surface area contributed by atoms with Crippen LogP contribution in [0.2, 0.25) is 0 Å². The molecule has 194 valence electrons. The quantitative estimate of drug-likeness (QED) is 0.183. The highest BCUT2D eigenvalue weighted by Crippen LogP contribution is 2.26. The first-order chi connectivity index (χ1) is 17.9. The molecule has 6 N–H and O–H groups in total. The zero-order valence-corrected chi connectivity index (χ0v) is 22.1. The van der Waals surface area contributed by atoms with Crippen LogP contribution in [0.15, 0.2) is 71.9 Å². The predicted molar refractivity (Wildman–Crippen MR) is 151 cm³/mol. The minimum atomic E-state index is -0.415. The molecule has 1 unspecified atom stereocenters. The Morgan fingerprint density at radius 3 is 2.59 bits per heavy atom. The van der Waals surface area contributed by atoms with Crippen LogP contribution in [0.1, 0.15) is 36.0 Å². The average Bonchev–Trinajstić information content (AvgIpc) is 2.92. The van der Waals surface area contributed by atoms with Gasteiger partial charge in [0.15, 0.2) is 0 Å². The maximum Gasteiger partial charge on any atom is 0.240 e. The van der Waals surface area contributed by atoms with Gasteiger partial charge < -0.3 is 16.4 Å². The van der Waals surface area contributed by atoms with E-state index in [0.717, 1.165) is 59.5 Å². The first kappa shape index (κ1) is 26.9. The maximum absolute atomic E-state index is 13.8. The van der Waals surface area contributed by atoms with Crippen LogP contribution in [-0.4, -0.2) is 47.3 Å². The third kappa shape index (κ3) is 7.19. The molecule has 3 aromatic rings. The van der Waals surface area contributed by atoms with E-state index in [-0.39, 0.29) is 11.7 Å². The molecule has 8 heteroatoms. The first-order valence-electron chi connectivity index (χ1n) is 12.8. The second kappa shape index (κ2) is 12.9. The van der Waals surface area contributed by atoms with E-state index in [2.05, 4.69) is 21.8 Å². The molecular weight excluding hydrogens is 480 g/mol. The monoisotopic (exact) mass is 516 g/mol. The molecule has 1 aromatic heterocycles. The molecule has 0 bridgehead atoms. The number of carbonyl (C=O) groups is 1. The van der Waals surface area contributed by atoms with Crippen LogP contribution in [0.25, 0.3) is 11.1 Å². The Labute approximate surface area is 223 Å². The molecule has 1 saturated heterocycles. The number of amides is 1. The summed E-state index contributed by atoms with van der Waals surface area (Å²) in [4.78, 5) is 20.9. The Morgan fingerprint density at radius 1 is 1.14 bits per heavy atom. The molecule has 7 nitrogen and oxygen atoms in total. The predicted octanol–water partition coefficient (Wildman–Crippen LogP) is 4.14. The molecule has 1 amide bonds. The SMILES string of the molecule is Cc1ccc(C(=N)N)cc1CC(NSc1cccc(-c2ccncc2)c1)C(=O)N1CCC(CCN)CC1. The number of likely N-dealkylation sites (tertiary alicyclic amines) is 1. The number of nitrogens with two attached hydrogens (primary N) is 2. The average molecular weight is 517 g/mol. The molecule has 2 aromatic carbocycles. The Bertz CT molecular complexity index is 1210. The summed E-state index contributed by atoms with van der Waals surface area (Å²) in [7, 11) is 0. The standard InChI is InChI=1S/C29H36N6OS/c1-20-5-6-24(28(31)32)17-25(20)19-27(29(36)35-15-10-21(7-12-30)11-16-35)34-37-26-4-2-3-23(18-26)22-8-13-33-14-9-22/h2-6,8-9,13-14,17-18,21,27,34H,7,10-12,15-16,19,30H2,1H3,(H3,31,32). The van der Waals surface area contributed by atoms with E-state index in [4.69, 9.17) is 16.9 Å². The van der Waals surface area contributed by atoms with Gasteiger partial charge >= 0.3 is 0 Å². The molecule has 1 aliphatic heterocycles. The van der Waals surface area contributed by atoms with Crippen molar-refractivity contribution >= 4 is 23.7 Å². The van der Waals surface area contributed by atoms with E-state index in [0.29, 0.717) is 24.4 Å². The number of nitrogens with zero attached hydrogens (tertiary/aromatic N) is 2. The number of carbonyl (C=O) groups excluding carboxylic acids is 1. The third-order valence-electron chi connectivity index (χ3n) is 7.05. The van der Waals surface area contributed by atoms with Gasteiger partial charge in [-0.25, -0.2) is 4.72 Å². The second-order valence-corrected chi connectivity index (χ2v) is 10.6. The van der Waals surface area contributed by atoms with E-state index < -0.39 is 6.04 Å². The van der Waals surface area contributed by atoms with Crippen LogP contribution in [0.5, 0.6) is 0 Å². The van der Waals surface area contributed by atoms with Crippen LogP contribution in [0, 0.1) is 18.3 Å². The summed E-state index contributed by atoms with van der Waals surface area (Å²) >= 11 is 1.48. The summed E-state index contributed by atoms with van der Waals surface area (Å²) in [6.45, 7) is 4.25. The van der Waals surface area contributed by atoms with Crippen LogP contribution < -0.4 is 16.2 Å². The summed E-state index contributed by atoms with van der Waals surface area (Å²) in [5, 5.41) is 7.84. The van der Waals surface area contributed by atoms with Gasteiger partial charge in [-0.05, 0) is 110 Å². The van der Waals surface area contributed by atoms with Gasteiger partial charge in [0.2, 0.25) is 5.91 Å². The zero-order valence-electron chi connectivity index (χ0n) is 21.3. The molecule has 1 atom stereocenters. The lowest BCUT2D eigenvalue weighted by atomic mass is 9.92. The number of piperidine rings is 1. The van der Waals surface area contributed by atoms with Crippen molar-refractivity contribution in [2.24, 2.45) is 17.4 Å². The number of rotatable bonds is 10. The van der Waals surface area contributed by atoms with Crippen molar-refractivity contribution in [1.82, 2.24) is 14.6 Å². The Morgan fingerprint density at radius 2 is 1.89 bits per heavy atom. The topological polar surface area (TPSA) is 121 Å². The molecule has 37 heavy (non-hydrogen) atoms. The lowest BCUT2D eigenvalue weighted by Crippen LogP contribution is -2.48. The van der Waals surface area contributed by atoms with Gasteiger partial charge in [-0.3, -0.25) is 15.2 Å². The number of pyridine rings is 1. The van der Waals surface area contributed by atoms with Crippen LogP contribution in [0.3, 0.4) is 0 Å². The summed E-state index contributed by atoms with van der Waals surface area (Å²) in [6, 6.07) is 17.6. The molecule has 0 saturated carbocycles. The fourth-order valence-corrected chi connectivity index (χ4v) is 5.57. The van der Waals surface area contributed by atoms with Crippen molar-refractivity contribution in [2.75, 3.05) is 19.6 Å². The molecule has 1 aliphatic rings. The van der Waals surface area contributed by atoms with Crippen LogP contribution >= 0.6 is 11.9 Å². The molecule has 2 heterocycles. The number of amidine groups is 1. The third-order valence-corrected chi connectivity index (χ3v) is 7.94. The van der Waals surface area contributed by atoms with Crippen molar-refractivity contribution in [3.63, 3.8) is 0 Å². The summed E-state index contributed by atoms with van der Waals surface area (Å²) in [5.41, 5.74) is 16.5. The highest BCUT2D eigenvalue weighted by Gasteiger charge is 2.29. The Kier molecular flexibility index (Phi) is 9.33. The van der Waals surface area contributed by atoms with E-state index in [1.165, 1.54) is 11.9 Å². The molecule has 0 radical (unpaired) electrons. The summed E-state index contributed by atoms with van der Waals surface area (Å²) in [5.74, 6) is 0.734. The second-order valence-electron chi connectivity index (χ2n) is 9.64. The highest BCUT2D eigenvalue weighted by atomic mass is 32.2. The number of benzene rings is 2. The minimum absolute atomic E-state index is 0.0290. The van der Waals surface area contributed by atoms with Gasteiger partial charge in [0.05, 0.1) is 0 Å². The van der Waals surface area contributed by atoms with Crippen molar-refractivity contribution in [3.8, 4) is 11.1 Å². The minimum Gasteiger partial charge on any atom is -0.384 e. The van der Waals surface area contributed by atoms with E-state index in [1.807, 2.05) is 54.3 Å². The van der Waals surface area contributed by atoms with Crippen LogP contribution in [-0.2, 0) is 11.2 Å². The highest BCUT2D eigenvalue weighted by molar-refractivity contribution is 7.97. The lowest BCUT2D eigenvalue weighted by Gasteiger charge is -2.34. The van der Waals surface area contributed by atoms with Gasteiger partial charge in [0, 0.05) is 35.9 Å². The van der Waals surface area contributed by atoms with Gasteiger partial charge in [-0.2, -0.15) is 0 Å². The van der Waals surface area contributed by atoms with Crippen molar-refractivity contribution < 1.29 is 4.79 Å². The van der Waals surface area contributed by atoms with Crippen molar-refractivity contribution in [2.45, 2.75) is 43.5 Å². The van der Waals surface area contributed by atoms with E-state index in [1.54, 1.807) is 12.4 Å². The van der Waals surface area contributed by atoms with Crippen molar-refractivity contribution in [3.05, 3.63) is 83.7 Å². The lowest BCUT2D eigenvalue weighted by molar-refractivity contribution is -0.134. The fraction of sp³-hybridized carbons (Fsp3) is 0.345. The number of aryl methyl sites for hydroxylation is 1. The molecule has 0 aliphatic carbocycles. The summed E-state index contributed by atoms with van der Waals surface area (Å²) < 4.78 is 3.48. The van der Waals surface area contributed by atoms with Crippen molar-refractivity contribution in [1.29, 1.82) is 5.41 Å². The zero-order chi connectivity index (χ0) is 26.2. The van der Waals surface area contributed by atoms with Gasteiger partial charge in [-0.15, -0.1) is 0 Å². The summed E-state index contributed by atoms with van der Waals surface area (Å²) in [6.07, 6.45) is 7.10. The number of nitrogens with one attached hydrogen (secondary N) is 2. The number of hydrogen-bond donors (Lipinski definition) is 4. The van der Waals surface area contributed by atoms with Gasteiger partial charge in [0.25, 0.3) is 0 Å². The fourth-order valence-electron chi connectivity index (χ4n) is 4.78. The molecule has 1 fully saturated rings. The maximum atomic E-state index is 13.8. The number of nitrogen functional groups attached to an aromatic ring is 1. The first-order valence-corrected chi connectivity index (χ1v) is 13.6. The largest absolute Gasteiger partial charge is 0.384 e. The number of hydrogen-bond acceptors (Lipinski definition) is 6. The van der Waals surface area contributed by atoms with Gasteiger partial charge in [0.1, 0.15) is 11.9 Å². The molecule has 4 rings (SSSR count). The number of aromatic nitrogens is 1. The normalized spacial score (nSPS) is 14.9. The van der Waals surface area contributed by atoms with Crippen LogP contribution in [0.4, 0.5) is 0 Å².